The zero-order chi connectivity index (χ0) is 18.8. The number of fused-ring (bicyclic) bond motifs is 1. The minimum Gasteiger partial charge on any atom is -0.379 e. The van der Waals surface area contributed by atoms with Gasteiger partial charge in [-0.1, -0.05) is 5.16 Å². The number of piperidine rings is 1. The number of likely N-dealkylation sites (tertiary alicyclic amines) is 1. The largest absolute Gasteiger partial charge is 0.379 e. The molecule has 2 aromatic heterocycles. The summed E-state index contributed by atoms with van der Waals surface area (Å²) in [6.45, 7) is 7.81. The van der Waals surface area contributed by atoms with Crippen LogP contribution in [0.25, 0.3) is 0 Å². The van der Waals surface area contributed by atoms with Gasteiger partial charge in [0.1, 0.15) is 11.5 Å². The molecule has 1 N–H and O–H groups in total. The fourth-order valence-corrected chi connectivity index (χ4v) is 5.02. The normalized spacial score (nSPS) is 24.4. The molecule has 0 radical (unpaired) electrons. The Bertz CT molecular complexity index is 780. The Kier molecular flexibility index (Phi) is 5.47. The van der Waals surface area contributed by atoms with Crippen molar-refractivity contribution in [1.29, 1.82) is 0 Å². The minimum absolute atomic E-state index is 0.523. The lowest BCUT2D eigenvalue weighted by molar-refractivity contribution is 0.0339. The van der Waals surface area contributed by atoms with Crippen LogP contribution >= 0.6 is 0 Å². The summed E-state index contributed by atoms with van der Waals surface area (Å²) in [6, 6.07) is 0. The standard InChI is InChI=1S/C21H31N5O2/c1-2-6-20-18(5-1)19(24-28-20)15-26-7-3-4-16(13-26)21-17(12-22-23-21)14-25-8-10-27-11-9-25/h12,16H,1-11,13-15H2,(H,22,23)/t16-/m1/s1. The van der Waals surface area contributed by atoms with Crippen LogP contribution in [0.2, 0.25) is 0 Å². The molecule has 1 atom stereocenters. The van der Waals surface area contributed by atoms with Crippen LogP contribution in [0.5, 0.6) is 0 Å². The van der Waals surface area contributed by atoms with Gasteiger partial charge in [0, 0.05) is 61.9 Å². The van der Waals surface area contributed by atoms with E-state index in [9.17, 15) is 0 Å². The van der Waals surface area contributed by atoms with Crippen molar-refractivity contribution < 1.29 is 9.26 Å². The average molecular weight is 386 g/mol. The van der Waals surface area contributed by atoms with Gasteiger partial charge in [-0.15, -0.1) is 0 Å². The molecule has 152 valence electrons. The number of aromatic nitrogens is 3. The van der Waals surface area contributed by atoms with Gasteiger partial charge in [0.25, 0.3) is 0 Å². The van der Waals surface area contributed by atoms with E-state index in [1.165, 1.54) is 48.2 Å². The highest BCUT2D eigenvalue weighted by atomic mass is 16.5. The van der Waals surface area contributed by atoms with Gasteiger partial charge >= 0.3 is 0 Å². The summed E-state index contributed by atoms with van der Waals surface area (Å²) < 4.78 is 11.1. The van der Waals surface area contributed by atoms with E-state index >= 15 is 0 Å². The molecule has 1 aliphatic carbocycles. The number of rotatable bonds is 5. The first-order valence-corrected chi connectivity index (χ1v) is 10.9. The maximum atomic E-state index is 5.62. The zero-order valence-corrected chi connectivity index (χ0v) is 16.7. The number of morpholine rings is 1. The molecule has 5 rings (SSSR count). The van der Waals surface area contributed by atoms with Crippen molar-refractivity contribution >= 4 is 0 Å². The molecular weight excluding hydrogens is 354 g/mol. The number of hydrogen-bond donors (Lipinski definition) is 1. The maximum Gasteiger partial charge on any atom is 0.140 e. The Hall–Kier alpha value is -1.70. The van der Waals surface area contributed by atoms with Gasteiger partial charge in [-0.2, -0.15) is 5.10 Å². The summed E-state index contributed by atoms with van der Waals surface area (Å²) in [5, 5.41) is 12.1. The van der Waals surface area contributed by atoms with Gasteiger partial charge in [-0.3, -0.25) is 14.9 Å². The third kappa shape index (κ3) is 3.88. The van der Waals surface area contributed by atoms with Gasteiger partial charge < -0.3 is 9.26 Å². The van der Waals surface area contributed by atoms with Gasteiger partial charge in [0.2, 0.25) is 0 Å². The van der Waals surface area contributed by atoms with Crippen LogP contribution in [0.4, 0.5) is 0 Å². The third-order valence-corrected chi connectivity index (χ3v) is 6.57. The fraction of sp³-hybridized carbons (Fsp3) is 0.714. The van der Waals surface area contributed by atoms with E-state index in [4.69, 9.17) is 9.26 Å². The predicted octanol–water partition coefficient (Wildman–Crippen LogP) is 2.49. The van der Waals surface area contributed by atoms with Crippen molar-refractivity contribution in [1.82, 2.24) is 25.2 Å². The molecule has 2 aromatic rings. The average Bonchev–Trinajstić information content (AvgIpc) is 3.36. The van der Waals surface area contributed by atoms with E-state index in [0.29, 0.717) is 5.92 Å². The Labute approximate surface area is 166 Å². The quantitative estimate of drug-likeness (QED) is 0.853. The summed E-state index contributed by atoms with van der Waals surface area (Å²) in [4.78, 5) is 5.03. The Morgan fingerprint density at radius 2 is 1.93 bits per heavy atom. The maximum absolute atomic E-state index is 5.62. The summed E-state index contributed by atoms with van der Waals surface area (Å²) in [6.07, 6.45) is 9.17. The molecule has 7 heteroatoms. The third-order valence-electron chi connectivity index (χ3n) is 6.57. The molecule has 28 heavy (non-hydrogen) atoms. The second kappa shape index (κ2) is 8.35. The van der Waals surface area contributed by atoms with Crippen LogP contribution < -0.4 is 0 Å². The molecule has 0 saturated carbocycles. The number of hydrogen-bond acceptors (Lipinski definition) is 6. The summed E-state index contributed by atoms with van der Waals surface area (Å²) in [5.74, 6) is 1.66. The van der Waals surface area contributed by atoms with Crippen molar-refractivity contribution in [2.75, 3.05) is 39.4 Å². The van der Waals surface area contributed by atoms with E-state index in [1.807, 2.05) is 6.20 Å². The van der Waals surface area contributed by atoms with E-state index in [-0.39, 0.29) is 0 Å². The van der Waals surface area contributed by atoms with Crippen LogP contribution in [-0.4, -0.2) is 64.5 Å². The number of ether oxygens (including phenoxy) is 1. The molecule has 0 amide bonds. The predicted molar refractivity (Wildman–Crippen MR) is 105 cm³/mol. The molecule has 2 saturated heterocycles. The highest BCUT2D eigenvalue weighted by Crippen LogP contribution is 2.31. The van der Waals surface area contributed by atoms with Gasteiger partial charge in [0.05, 0.1) is 19.4 Å². The molecule has 4 heterocycles. The summed E-state index contributed by atoms with van der Waals surface area (Å²) >= 11 is 0. The van der Waals surface area contributed by atoms with Crippen molar-refractivity contribution in [3.8, 4) is 0 Å². The first-order chi connectivity index (χ1) is 13.9. The highest BCUT2D eigenvalue weighted by molar-refractivity contribution is 5.26. The molecule has 7 nitrogen and oxygen atoms in total. The Balaban J connectivity index is 1.25. The lowest BCUT2D eigenvalue weighted by atomic mass is 9.91. The molecule has 2 aliphatic heterocycles. The topological polar surface area (TPSA) is 70.4 Å². The molecule has 0 unspecified atom stereocenters. The van der Waals surface area contributed by atoms with Crippen LogP contribution in [0.1, 0.15) is 59.9 Å². The minimum atomic E-state index is 0.523. The van der Waals surface area contributed by atoms with Crippen LogP contribution in [0.3, 0.4) is 0 Å². The lowest BCUT2D eigenvalue weighted by Gasteiger charge is -2.33. The van der Waals surface area contributed by atoms with Crippen molar-refractivity contribution in [2.24, 2.45) is 0 Å². The van der Waals surface area contributed by atoms with Crippen molar-refractivity contribution in [2.45, 2.75) is 57.5 Å². The molecule has 0 aromatic carbocycles. The Morgan fingerprint density at radius 3 is 2.86 bits per heavy atom. The SMILES string of the molecule is c1n[nH]c([C@@H]2CCCN(Cc3noc4c3CCCC4)C2)c1CN1CCOCC1. The molecule has 0 spiro atoms. The second-order valence-electron chi connectivity index (χ2n) is 8.51. The van der Waals surface area contributed by atoms with E-state index in [2.05, 4.69) is 25.2 Å². The fourth-order valence-electron chi connectivity index (χ4n) is 5.02. The number of aryl methyl sites for hydroxylation is 1. The molecule has 2 fully saturated rings. The smallest absolute Gasteiger partial charge is 0.140 e. The lowest BCUT2D eigenvalue weighted by Crippen LogP contribution is -2.37. The van der Waals surface area contributed by atoms with Crippen molar-refractivity contribution in [3.63, 3.8) is 0 Å². The molecular formula is C21H31N5O2. The summed E-state index contributed by atoms with van der Waals surface area (Å²) in [5.41, 5.74) is 5.25. The first kappa shape index (κ1) is 18.3. The van der Waals surface area contributed by atoms with Crippen LogP contribution in [0, 0.1) is 0 Å². The summed E-state index contributed by atoms with van der Waals surface area (Å²) in [7, 11) is 0. The molecule has 0 bridgehead atoms. The second-order valence-corrected chi connectivity index (χ2v) is 8.51. The number of nitrogens with one attached hydrogen (secondary N) is 1. The van der Waals surface area contributed by atoms with Crippen LogP contribution in [0.15, 0.2) is 10.7 Å². The van der Waals surface area contributed by atoms with Gasteiger partial charge in [-0.05, 0) is 38.6 Å². The van der Waals surface area contributed by atoms with E-state index < -0.39 is 0 Å². The van der Waals surface area contributed by atoms with Gasteiger partial charge in [0.15, 0.2) is 0 Å². The zero-order valence-electron chi connectivity index (χ0n) is 16.7. The molecule has 3 aliphatic rings. The highest BCUT2D eigenvalue weighted by Gasteiger charge is 2.28. The number of aromatic amines is 1. The number of H-pyrrole nitrogens is 1. The first-order valence-electron chi connectivity index (χ1n) is 10.9. The Morgan fingerprint density at radius 1 is 1.04 bits per heavy atom. The monoisotopic (exact) mass is 385 g/mol. The van der Waals surface area contributed by atoms with E-state index in [1.54, 1.807) is 0 Å². The van der Waals surface area contributed by atoms with E-state index in [0.717, 1.165) is 71.1 Å². The van der Waals surface area contributed by atoms with Crippen molar-refractivity contribution in [3.05, 3.63) is 34.5 Å². The number of nitrogens with zero attached hydrogens (tertiary/aromatic N) is 4. The van der Waals surface area contributed by atoms with Gasteiger partial charge in [-0.25, -0.2) is 0 Å². The van der Waals surface area contributed by atoms with Crippen LogP contribution in [-0.2, 0) is 30.7 Å².